The van der Waals surface area contributed by atoms with E-state index in [1.54, 1.807) is 0 Å². The van der Waals surface area contributed by atoms with Crippen molar-refractivity contribution in [1.82, 2.24) is 0 Å². The highest BCUT2D eigenvalue weighted by molar-refractivity contribution is 5.71. The Labute approximate surface area is 603 Å². The summed E-state index contributed by atoms with van der Waals surface area (Å²) < 4.78 is 23.1. The van der Waals surface area contributed by atoms with E-state index in [4.69, 9.17) is 18.9 Å². The van der Waals surface area contributed by atoms with Gasteiger partial charge in [0.2, 0.25) is 0 Å². The van der Waals surface area contributed by atoms with Gasteiger partial charge in [-0.05, 0) is 57.8 Å². The summed E-state index contributed by atoms with van der Waals surface area (Å²) >= 11 is 0. The molecule has 568 valence electrons. The highest BCUT2D eigenvalue weighted by Gasteiger charge is 2.25. The van der Waals surface area contributed by atoms with E-state index in [1.165, 1.54) is 327 Å². The van der Waals surface area contributed by atoms with E-state index in [9.17, 15) is 19.5 Å². The number of quaternary nitrogens is 1. The maximum atomic E-state index is 13.0. The van der Waals surface area contributed by atoms with Crippen LogP contribution in [-0.2, 0) is 33.3 Å². The van der Waals surface area contributed by atoms with Gasteiger partial charge in [0, 0.05) is 12.8 Å². The monoisotopic (exact) mass is 1360 g/mol. The molecule has 0 saturated carbocycles. The Morgan fingerprint density at radius 2 is 0.588 bits per heavy atom. The van der Waals surface area contributed by atoms with Gasteiger partial charge in [0.1, 0.15) is 13.2 Å². The Bertz CT molecular complexity index is 1780. The molecule has 0 aromatic carbocycles. The standard InChI is InChI=1S/C88H163NO8/c1-6-8-10-12-14-16-18-20-22-24-26-28-30-32-34-36-38-40-41-42-43-44-45-47-48-50-52-54-56-58-60-62-64-66-68-70-72-74-76-78-85(90)95-82-84(83-96-88(87(92)93)94-81-80-89(3,4)5)97-86(91)79-77-75-73-71-69-67-65-63-61-59-57-55-53-51-49-46-39-37-35-33-31-29-27-25-23-21-19-17-15-13-11-9-7-2/h9,11,15,17,21,23,27,29,33,35,84,88H,6-8,10,12-14,16,18-20,22,24-26,28,30-32,34,36-83H2,1-5H3/p+1/b11-9-,17-15-,23-21-,29-27-,35-33-. The molecule has 9 nitrogen and oxygen atoms in total. The smallest absolute Gasteiger partial charge is 0.361 e. The Hall–Kier alpha value is -3.01. The number of likely N-dealkylation sites (N-methyl/N-ethyl adjacent to an activating group) is 1. The minimum absolute atomic E-state index is 0.177. The minimum atomic E-state index is -1.51. The normalized spacial score (nSPS) is 12.9. The fourth-order valence-corrected chi connectivity index (χ4v) is 12.9. The topological polar surface area (TPSA) is 108 Å². The van der Waals surface area contributed by atoms with Crippen LogP contribution >= 0.6 is 0 Å². The fraction of sp³-hybridized carbons (Fsp3) is 0.852. The number of hydrogen-bond donors (Lipinski definition) is 1. The number of allylic oxidation sites excluding steroid dienone is 10. The van der Waals surface area contributed by atoms with Crippen LogP contribution in [0.1, 0.15) is 425 Å². The van der Waals surface area contributed by atoms with Crippen LogP contribution in [0, 0.1) is 0 Å². The zero-order valence-corrected chi connectivity index (χ0v) is 65.3. The van der Waals surface area contributed by atoms with Gasteiger partial charge in [0.05, 0.1) is 34.4 Å². The summed E-state index contributed by atoms with van der Waals surface area (Å²) in [6.07, 6.45) is 103. The van der Waals surface area contributed by atoms with Gasteiger partial charge in [-0.1, -0.05) is 415 Å². The first kappa shape index (κ1) is 94.0. The SMILES string of the molecule is CC/C=C\C/C=C\C/C=C\C/C=C\C/C=C\CCCCCCCCCCCCCCCCCCCC(=O)OC(COC(=O)CCCCCCCCCCCCCCCCCCCCCCCCCCCCCCCCCCCCCCCCC)COC(OCC[N+](C)(C)C)C(=O)O. The van der Waals surface area contributed by atoms with E-state index in [0.717, 1.165) is 70.6 Å². The van der Waals surface area contributed by atoms with Crippen LogP contribution in [0.5, 0.6) is 0 Å². The highest BCUT2D eigenvalue weighted by Crippen LogP contribution is 2.20. The molecule has 97 heavy (non-hydrogen) atoms. The number of carboxylic acid groups (broad SMARTS) is 1. The molecule has 2 unspecified atom stereocenters. The molecule has 9 heteroatoms. The van der Waals surface area contributed by atoms with Gasteiger partial charge in [-0.2, -0.15) is 0 Å². The van der Waals surface area contributed by atoms with Gasteiger partial charge in [0.25, 0.3) is 6.29 Å². The van der Waals surface area contributed by atoms with Crippen molar-refractivity contribution in [3.05, 3.63) is 60.8 Å². The summed E-state index contributed by atoms with van der Waals surface area (Å²) in [5.41, 5.74) is 0. The van der Waals surface area contributed by atoms with Crippen LogP contribution < -0.4 is 0 Å². The molecule has 0 fully saturated rings. The predicted octanol–water partition coefficient (Wildman–Crippen LogP) is 27.4. The molecule has 1 N–H and O–H groups in total. The molecule has 0 radical (unpaired) electrons. The van der Waals surface area contributed by atoms with Crippen LogP contribution in [0.3, 0.4) is 0 Å². The molecule has 0 amide bonds. The summed E-state index contributed by atoms with van der Waals surface area (Å²) in [5, 5.41) is 9.78. The maximum Gasteiger partial charge on any atom is 0.361 e. The first-order valence-corrected chi connectivity index (χ1v) is 42.5. The molecule has 0 spiro atoms. The van der Waals surface area contributed by atoms with Crippen molar-refractivity contribution in [3.8, 4) is 0 Å². The number of aliphatic carboxylic acids is 1. The molecule has 0 aliphatic carbocycles. The highest BCUT2D eigenvalue weighted by atomic mass is 16.7. The third-order valence-corrected chi connectivity index (χ3v) is 19.3. The maximum absolute atomic E-state index is 13.0. The van der Waals surface area contributed by atoms with Crippen molar-refractivity contribution in [2.75, 3.05) is 47.5 Å². The molecular weight excluding hydrogens is 1200 g/mol. The van der Waals surface area contributed by atoms with Gasteiger partial charge in [0.15, 0.2) is 6.10 Å². The van der Waals surface area contributed by atoms with E-state index in [-0.39, 0.29) is 38.2 Å². The van der Waals surface area contributed by atoms with Gasteiger partial charge in [-0.3, -0.25) is 9.59 Å². The van der Waals surface area contributed by atoms with Crippen LogP contribution in [0.4, 0.5) is 0 Å². The van der Waals surface area contributed by atoms with Crippen molar-refractivity contribution < 1.29 is 42.9 Å². The molecular formula is C88H164NO8+. The summed E-state index contributed by atoms with van der Waals surface area (Å²) in [5.74, 6) is -1.97. The van der Waals surface area contributed by atoms with Crippen LogP contribution in [0.25, 0.3) is 0 Å². The van der Waals surface area contributed by atoms with Crippen molar-refractivity contribution in [2.45, 2.75) is 437 Å². The van der Waals surface area contributed by atoms with Crippen molar-refractivity contribution in [3.63, 3.8) is 0 Å². The number of carbonyl (C=O) groups is 3. The largest absolute Gasteiger partial charge is 0.477 e. The second-order valence-electron chi connectivity index (χ2n) is 30.1. The fourth-order valence-electron chi connectivity index (χ4n) is 12.9. The number of esters is 2. The summed E-state index contributed by atoms with van der Waals surface area (Å²) in [6, 6.07) is 0. The molecule has 0 rings (SSSR count). The predicted molar refractivity (Wildman–Crippen MR) is 420 cm³/mol. The number of hydrogen-bond acceptors (Lipinski definition) is 7. The van der Waals surface area contributed by atoms with E-state index < -0.39 is 18.4 Å². The van der Waals surface area contributed by atoms with Crippen molar-refractivity contribution >= 4 is 17.9 Å². The van der Waals surface area contributed by atoms with E-state index in [2.05, 4.69) is 74.6 Å². The first-order valence-electron chi connectivity index (χ1n) is 42.5. The van der Waals surface area contributed by atoms with Crippen molar-refractivity contribution in [2.24, 2.45) is 0 Å². The first-order chi connectivity index (χ1) is 47.6. The van der Waals surface area contributed by atoms with E-state index in [0.29, 0.717) is 17.4 Å². The van der Waals surface area contributed by atoms with Gasteiger partial charge in [-0.25, -0.2) is 4.79 Å². The summed E-state index contributed by atoms with van der Waals surface area (Å²) in [6.45, 7) is 4.84. The Balaban J connectivity index is 3.93. The van der Waals surface area contributed by atoms with Gasteiger partial charge >= 0.3 is 17.9 Å². The van der Waals surface area contributed by atoms with E-state index >= 15 is 0 Å². The average molecular weight is 1360 g/mol. The zero-order chi connectivity index (χ0) is 70.4. The summed E-state index contributed by atoms with van der Waals surface area (Å²) in [7, 11) is 6.00. The van der Waals surface area contributed by atoms with Crippen LogP contribution in [-0.4, -0.2) is 87.4 Å². The molecule has 0 aliphatic heterocycles. The van der Waals surface area contributed by atoms with Gasteiger partial charge < -0.3 is 28.5 Å². The number of carbonyl (C=O) groups excluding carboxylic acids is 2. The summed E-state index contributed by atoms with van der Waals surface area (Å²) in [4.78, 5) is 37.8. The lowest BCUT2D eigenvalue weighted by atomic mass is 10.0. The molecule has 0 aliphatic rings. The second kappa shape index (κ2) is 78.7. The lowest BCUT2D eigenvalue weighted by Gasteiger charge is -2.25. The lowest BCUT2D eigenvalue weighted by Crippen LogP contribution is -2.40. The number of ether oxygens (including phenoxy) is 4. The number of rotatable bonds is 80. The Morgan fingerprint density at radius 1 is 0.320 bits per heavy atom. The third kappa shape index (κ3) is 80.2. The molecule has 2 atom stereocenters. The molecule has 0 aromatic rings. The molecule has 0 heterocycles. The Morgan fingerprint density at radius 3 is 0.876 bits per heavy atom. The van der Waals surface area contributed by atoms with Crippen molar-refractivity contribution in [1.29, 1.82) is 0 Å². The second-order valence-corrected chi connectivity index (χ2v) is 30.1. The molecule has 0 saturated heterocycles. The minimum Gasteiger partial charge on any atom is -0.477 e. The van der Waals surface area contributed by atoms with Crippen LogP contribution in [0.15, 0.2) is 60.8 Å². The quantitative estimate of drug-likeness (QED) is 0.0211. The number of nitrogens with zero attached hydrogens (tertiary/aromatic N) is 1. The van der Waals surface area contributed by atoms with Crippen LogP contribution in [0.2, 0.25) is 0 Å². The lowest BCUT2D eigenvalue weighted by molar-refractivity contribution is -0.870. The average Bonchev–Trinajstić information content (AvgIpc) is 2.59. The number of unbranched alkanes of at least 4 members (excludes halogenated alkanes) is 55. The van der Waals surface area contributed by atoms with Gasteiger partial charge in [-0.15, -0.1) is 0 Å². The zero-order valence-electron chi connectivity index (χ0n) is 65.3. The number of carboxylic acids is 1. The molecule has 0 aromatic heterocycles. The third-order valence-electron chi connectivity index (χ3n) is 19.3. The van der Waals surface area contributed by atoms with E-state index in [1.807, 2.05) is 21.1 Å². The molecule has 0 bridgehead atoms. The Kier molecular flexibility index (Phi) is 76.3.